The van der Waals surface area contributed by atoms with Crippen LogP contribution in [0.5, 0.6) is 0 Å². The summed E-state index contributed by atoms with van der Waals surface area (Å²) in [5.41, 5.74) is 6.01. The molecule has 0 bridgehead atoms. The normalized spacial score (nSPS) is 11.3. The second-order valence-electron chi connectivity index (χ2n) is 7.09. The van der Waals surface area contributed by atoms with Crippen LogP contribution in [0.4, 0.5) is 0 Å². The lowest BCUT2D eigenvalue weighted by molar-refractivity contribution is 0.798. The van der Waals surface area contributed by atoms with Gasteiger partial charge in [0.05, 0.1) is 10.2 Å². The first-order valence-corrected chi connectivity index (χ1v) is 10.9. The number of hydrogen-bond donors (Lipinski definition) is 1. The molecule has 0 spiro atoms. The molecule has 0 saturated heterocycles. The molecule has 1 radical (unpaired) electrons. The molecule has 4 rings (SSSR count). The fourth-order valence-corrected chi connectivity index (χ4v) is 4.67. The molecule has 1 unspecified atom stereocenters. The van der Waals surface area contributed by atoms with Crippen molar-refractivity contribution in [1.29, 1.82) is 0 Å². The first-order valence-electron chi connectivity index (χ1n) is 10.1. The summed E-state index contributed by atoms with van der Waals surface area (Å²) in [7, 11) is 2.14. The summed E-state index contributed by atoms with van der Waals surface area (Å²) >= 11 is 1.81. The Bertz CT molecular complexity index is 1170. The van der Waals surface area contributed by atoms with Gasteiger partial charge in [-0.3, -0.25) is 0 Å². The highest BCUT2D eigenvalue weighted by Gasteiger charge is 2.19. The van der Waals surface area contributed by atoms with E-state index in [0.29, 0.717) is 0 Å². The lowest BCUT2D eigenvalue weighted by Gasteiger charge is -2.15. The molecule has 4 heteroatoms. The van der Waals surface area contributed by atoms with Gasteiger partial charge in [-0.05, 0) is 41.8 Å². The summed E-state index contributed by atoms with van der Waals surface area (Å²) in [6.45, 7) is 4.15. The van der Waals surface area contributed by atoms with Gasteiger partial charge in [0.25, 0.3) is 0 Å². The van der Waals surface area contributed by atoms with Crippen molar-refractivity contribution in [2.24, 2.45) is 0 Å². The Kier molecular flexibility index (Phi) is 7.46. The Labute approximate surface area is 184 Å². The Morgan fingerprint density at radius 2 is 1.83 bits per heavy atom. The van der Waals surface area contributed by atoms with Crippen LogP contribution in [0.2, 0.25) is 6.82 Å². The van der Waals surface area contributed by atoms with Crippen molar-refractivity contribution >= 4 is 34.3 Å². The van der Waals surface area contributed by atoms with Crippen LogP contribution in [-0.4, -0.2) is 12.3 Å². The maximum Gasteiger partial charge on any atom is 0.148 e. The highest BCUT2D eigenvalue weighted by atomic mass is 32.1. The van der Waals surface area contributed by atoms with Crippen molar-refractivity contribution in [3.05, 3.63) is 94.5 Å². The summed E-state index contributed by atoms with van der Waals surface area (Å²) < 4.78 is 1.25. The molecule has 1 heterocycles. The molecule has 0 saturated carbocycles. The highest BCUT2D eigenvalue weighted by Crippen LogP contribution is 2.34. The average molecular weight is 409 g/mol. The lowest BCUT2D eigenvalue weighted by Crippen LogP contribution is -2.08. The summed E-state index contributed by atoms with van der Waals surface area (Å²) in [5.74, 6) is 6.66. The largest absolute Gasteiger partial charge is 0.344 e. The maximum atomic E-state index is 5.01. The lowest BCUT2D eigenvalue weighted by atomic mass is 9.73. The van der Waals surface area contributed by atoms with Crippen molar-refractivity contribution in [1.82, 2.24) is 11.1 Å². The number of thiazole rings is 1. The predicted molar refractivity (Wildman–Crippen MR) is 131 cm³/mol. The Morgan fingerprint density at radius 1 is 1.00 bits per heavy atom. The van der Waals surface area contributed by atoms with Crippen LogP contribution < -0.4 is 11.6 Å². The van der Waals surface area contributed by atoms with E-state index in [9.17, 15) is 0 Å². The molecule has 4 aromatic rings. The number of rotatable bonds is 5. The quantitative estimate of drug-likeness (QED) is 0.326. The molecule has 3 aromatic carbocycles. The Balaban J connectivity index is 0.00000256. The minimum absolute atomic E-state index is 0. The third-order valence-corrected chi connectivity index (χ3v) is 6.17. The van der Waals surface area contributed by atoms with Crippen LogP contribution in [0.3, 0.4) is 0 Å². The molecule has 0 aliphatic heterocycles. The fourth-order valence-electron chi connectivity index (χ4n) is 3.52. The van der Waals surface area contributed by atoms with Crippen LogP contribution in [0, 0.1) is 11.8 Å². The van der Waals surface area contributed by atoms with Crippen LogP contribution in [0.25, 0.3) is 10.2 Å². The molecule has 1 aromatic heterocycles. The molecular weight excluding hydrogens is 383 g/mol. The fraction of sp³-hybridized carbons (Fsp3) is 0.192. The minimum atomic E-state index is 0. The van der Waals surface area contributed by atoms with E-state index in [-0.39, 0.29) is 12.1 Å². The number of fused-ring (bicyclic) bond motifs is 1. The van der Waals surface area contributed by atoms with Crippen LogP contribution in [0.1, 0.15) is 41.0 Å². The van der Waals surface area contributed by atoms with Gasteiger partial charge in [0, 0.05) is 17.9 Å². The maximum absolute atomic E-state index is 5.01. The van der Waals surface area contributed by atoms with Gasteiger partial charge in [0.15, 0.2) is 0 Å². The minimum Gasteiger partial charge on any atom is -0.344 e. The Morgan fingerprint density at radius 3 is 2.60 bits per heavy atom. The van der Waals surface area contributed by atoms with E-state index in [0.717, 1.165) is 23.9 Å². The third kappa shape index (κ3) is 5.00. The van der Waals surface area contributed by atoms with Crippen molar-refractivity contribution < 1.29 is 0 Å². The van der Waals surface area contributed by atoms with E-state index >= 15 is 0 Å². The zero-order valence-corrected chi connectivity index (χ0v) is 18.4. The first-order chi connectivity index (χ1) is 14.3. The molecule has 149 valence electrons. The monoisotopic (exact) mass is 409 g/mol. The van der Waals surface area contributed by atoms with E-state index in [1.807, 2.05) is 11.3 Å². The predicted octanol–water partition coefficient (Wildman–Crippen LogP) is 5.97. The molecular formula is C26H26BN2S. The van der Waals surface area contributed by atoms with Gasteiger partial charge in [-0.25, -0.2) is 4.98 Å². The van der Waals surface area contributed by atoms with E-state index in [4.69, 9.17) is 4.98 Å². The molecule has 30 heavy (non-hydrogen) atoms. The van der Waals surface area contributed by atoms with E-state index in [1.54, 1.807) is 0 Å². The van der Waals surface area contributed by atoms with E-state index in [1.165, 1.54) is 26.3 Å². The highest BCUT2D eigenvalue weighted by molar-refractivity contribution is 7.18. The van der Waals surface area contributed by atoms with Gasteiger partial charge in [-0.2, -0.15) is 0 Å². The van der Waals surface area contributed by atoms with Gasteiger partial charge < -0.3 is 6.15 Å². The number of hydrogen-bond acceptors (Lipinski definition) is 3. The van der Waals surface area contributed by atoms with Crippen LogP contribution >= 0.6 is 11.3 Å². The van der Waals surface area contributed by atoms with Gasteiger partial charge in [-0.1, -0.05) is 79.6 Å². The number of nitrogens with zero attached hydrogens (tertiary/aromatic N) is 1. The van der Waals surface area contributed by atoms with Crippen LogP contribution in [-0.2, 0) is 6.42 Å². The molecule has 0 fully saturated rings. The van der Waals surface area contributed by atoms with E-state index in [2.05, 4.69) is 106 Å². The first kappa shape index (κ1) is 21.8. The molecule has 3 N–H and O–H groups in total. The standard InChI is InChI=1S/C26H23BNS.H3N/c1-3-4-9-19-10-8-11-20(16-19)17-23(21-12-6-5-7-13-21)26-28-24-15-14-22(27-2)18-25(24)29-26;/h5-8,10-16,18,23H,3,17H2,1-2H3;1H3. The summed E-state index contributed by atoms with van der Waals surface area (Å²) in [4.78, 5) is 5.01. The summed E-state index contributed by atoms with van der Waals surface area (Å²) in [5, 5.41) is 1.17. The second kappa shape index (κ2) is 10.3. The van der Waals surface area contributed by atoms with Crippen molar-refractivity contribution in [3.8, 4) is 11.8 Å². The van der Waals surface area contributed by atoms with Crippen LogP contribution in [0.15, 0.2) is 72.8 Å². The van der Waals surface area contributed by atoms with Crippen molar-refractivity contribution in [3.63, 3.8) is 0 Å². The average Bonchev–Trinajstić information content (AvgIpc) is 3.19. The van der Waals surface area contributed by atoms with Gasteiger partial charge in [0.2, 0.25) is 0 Å². The smallest absolute Gasteiger partial charge is 0.148 e. The SMILES string of the molecule is C[B]c1ccc2nc(C(Cc3cccc(C#CCC)c3)c3ccccc3)sc2c1.N. The summed E-state index contributed by atoms with van der Waals surface area (Å²) in [6.07, 6.45) is 1.79. The molecule has 2 nitrogen and oxygen atoms in total. The molecule has 0 aliphatic carbocycles. The van der Waals surface area contributed by atoms with E-state index < -0.39 is 0 Å². The second-order valence-corrected chi connectivity index (χ2v) is 8.15. The number of aromatic nitrogens is 1. The van der Waals surface area contributed by atoms with Gasteiger partial charge >= 0.3 is 0 Å². The zero-order valence-electron chi connectivity index (χ0n) is 17.6. The van der Waals surface area contributed by atoms with Crippen molar-refractivity contribution in [2.45, 2.75) is 32.5 Å². The van der Waals surface area contributed by atoms with Crippen molar-refractivity contribution in [2.75, 3.05) is 0 Å². The Hall–Kier alpha value is -2.87. The third-order valence-electron chi connectivity index (χ3n) is 5.04. The zero-order chi connectivity index (χ0) is 20.1. The van der Waals surface area contributed by atoms with Gasteiger partial charge in [0.1, 0.15) is 12.3 Å². The molecule has 1 atom stereocenters. The van der Waals surface area contributed by atoms with Gasteiger partial charge in [-0.15, -0.1) is 11.3 Å². The molecule has 0 amide bonds. The summed E-state index contributed by atoms with van der Waals surface area (Å²) in [6, 6.07) is 25.8. The number of benzene rings is 3. The molecule has 0 aliphatic rings. The topological polar surface area (TPSA) is 47.9 Å².